The molecule has 3 aliphatic rings. The number of fused-ring (bicyclic) bond motifs is 2. The van der Waals surface area contributed by atoms with Crippen LogP contribution in [0.2, 0.25) is 0 Å². The van der Waals surface area contributed by atoms with Crippen LogP contribution in [0.3, 0.4) is 0 Å². The van der Waals surface area contributed by atoms with E-state index in [1.54, 1.807) is 0 Å². The first-order valence-corrected chi connectivity index (χ1v) is 8.82. The lowest BCUT2D eigenvalue weighted by Crippen LogP contribution is -2.25. The first kappa shape index (κ1) is 13.9. The van der Waals surface area contributed by atoms with Crippen LogP contribution in [0.1, 0.15) is 37.3 Å². The highest BCUT2D eigenvalue weighted by molar-refractivity contribution is 9.10. The first-order chi connectivity index (χ1) is 10.3. The van der Waals surface area contributed by atoms with Crippen molar-refractivity contribution in [1.29, 1.82) is 0 Å². The van der Waals surface area contributed by atoms with Crippen LogP contribution in [-0.2, 0) is 0 Å². The molecule has 0 amide bonds. The molecule has 2 fully saturated rings. The average Bonchev–Trinajstić information content (AvgIpc) is 3.16. The number of hydrogen-bond acceptors (Lipinski definition) is 3. The summed E-state index contributed by atoms with van der Waals surface area (Å²) < 4.78 is 12.8. The van der Waals surface area contributed by atoms with Gasteiger partial charge in [0.1, 0.15) is 0 Å². The van der Waals surface area contributed by atoms with E-state index in [1.807, 2.05) is 0 Å². The first-order valence-electron chi connectivity index (χ1n) is 8.02. The number of hydrogen-bond donors (Lipinski definition) is 1. The molecule has 3 unspecified atom stereocenters. The molecular formula is C17H22BrNO2. The van der Waals surface area contributed by atoms with E-state index in [4.69, 9.17) is 9.47 Å². The van der Waals surface area contributed by atoms with Gasteiger partial charge in [-0.25, -0.2) is 0 Å². The molecule has 1 aliphatic heterocycles. The number of rotatable bonds is 3. The van der Waals surface area contributed by atoms with Crippen molar-refractivity contribution in [3.05, 3.63) is 22.2 Å². The summed E-state index contributed by atoms with van der Waals surface area (Å²) in [6.07, 6.45) is 5.16. The van der Waals surface area contributed by atoms with Gasteiger partial charge in [-0.1, -0.05) is 15.9 Å². The Morgan fingerprint density at radius 3 is 2.43 bits per heavy atom. The van der Waals surface area contributed by atoms with E-state index >= 15 is 0 Å². The van der Waals surface area contributed by atoms with Crippen LogP contribution in [0.15, 0.2) is 16.6 Å². The Morgan fingerprint density at radius 2 is 1.76 bits per heavy atom. The van der Waals surface area contributed by atoms with E-state index in [-0.39, 0.29) is 0 Å². The molecule has 3 atom stereocenters. The third-order valence-corrected chi connectivity index (χ3v) is 5.95. The summed E-state index contributed by atoms with van der Waals surface area (Å²) in [5.41, 5.74) is 1.31. The van der Waals surface area contributed by atoms with Crippen LogP contribution in [0.25, 0.3) is 0 Å². The van der Waals surface area contributed by atoms with Crippen LogP contribution >= 0.6 is 15.9 Å². The highest BCUT2D eigenvalue weighted by Gasteiger charge is 2.48. The molecule has 0 radical (unpaired) electrons. The molecule has 1 aromatic carbocycles. The third-order valence-electron chi connectivity index (χ3n) is 5.26. The summed E-state index contributed by atoms with van der Waals surface area (Å²) in [5, 5.41) is 3.54. The number of ether oxygens (including phenoxy) is 2. The van der Waals surface area contributed by atoms with Gasteiger partial charge in [0.05, 0.1) is 13.2 Å². The molecule has 1 aromatic rings. The van der Waals surface area contributed by atoms with Crippen molar-refractivity contribution in [2.24, 2.45) is 17.8 Å². The molecule has 4 rings (SSSR count). The van der Waals surface area contributed by atoms with Crippen molar-refractivity contribution in [2.45, 2.75) is 31.7 Å². The fourth-order valence-corrected chi connectivity index (χ4v) is 4.69. The van der Waals surface area contributed by atoms with E-state index in [9.17, 15) is 0 Å². The molecule has 0 aromatic heterocycles. The molecule has 1 heterocycles. The van der Waals surface area contributed by atoms with Crippen molar-refractivity contribution in [3.63, 3.8) is 0 Å². The largest absolute Gasteiger partial charge is 0.490 e. The van der Waals surface area contributed by atoms with Gasteiger partial charge in [0.2, 0.25) is 0 Å². The summed E-state index contributed by atoms with van der Waals surface area (Å²) in [4.78, 5) is 0. The number of benzene rings is 1. The molecule has 0 bridgehead atoms. The summed E-state index contributed by atoms with van der Waals surface area (Å²) in [6, 6.07) is 4.66. The monoisotopic (exact) mass is 351 g/mol. The van der Waals surface area contributed by atoms with Crippen molar-refractivity contribution < 1.29 is 9.47 Å². The van der Waals surface area contributed by atoms with E-state index in [0.29, 0.717) is 6.04 Å². The molecule has 0 spiro atoms. The second-order valence-electron chi connectivity index (χ2n) is 6.62. The Labute approximate surface area is 134 Å². The molecule has 0 saturated heterocycles. The fourth-order valence-electron chi connectivity index (χ4n) is 4.12. The van der Waals surface area contributed by atoms with E-state index in [2.05, 4.69) is 40.4 Å². The Bertz CT molecular complexity index is 538. The van der Waals surface area contributed by atoms with Gasteiger partial charge in [0.15, 0.2) is 11.5 Å². The molecule has 1 N–H and O–H groups in total. The van der Waals surface area contributed by atoms with Gasteiger partial charge in [0, 0.05) is 16.9 Å². The molecular weight excluding hydrogens is 330 g/mol. The Kier molecular flexibility index (Phi) is 3.62. The minimum atomic E-state index is 0.407. The van der Waals surface area contributed by atoms with Gasteiger partial charge in [-0.05, 0) is 61.8 Å². The predicted molar refractivity (Wildman–Crippen MR) is 85.9 cm³/mol. The number of nitrogens with one attached hydrogen (secondary N) is 1. The average molecular weight is 352 g/mol. The Hall–Kier alpha value is -0.740. The zero-order valence-corrected chi connectivity index (χ0v) is 14.0. The summed E-state index contributed by atoms with van der Waals surface area (Å²) in [5.74, 6) is 4.52. The van der Waals surface area contributed by atoms with Gasteiger partial charge in [-0.15, -0.1) is 0 Å². The zero-order chi connectivity index (χ0) is 14.4. The second kappa shape index (κ2) is 5.47. The Morgan fingerprint density at radius 1 is 1.10 bits per heavy atom. The molecule has 4 heteroatoms. The standard InChI is InChI=1S/C17H22BrNO2/c1-19-17(12-6-10-5-11(10)7-12)13-8-15-16(9-14(13)18)21-4-2-3-20-15/h8-12,17,19H,2-7H2,1H3. The summed E-state index contributed by atoms with van der Waals surface area (Å²) in [7, 11) is 2.07. The smallest absolute Gasteiger partial charge is 0.162 e. The molecule has 2 aliphatic carbocycles. The lowest BCUT2D eigenvalue weighted by molar-refractivity contribution is 0.296. The molecule has 21 heavy (non-hydrogen) atoms. The normalized spacial score (nSPS) is 31.4. The van der Waals surface area contributed by atoms with Crippen molar-refractivity contribution in [3.8, 4) is 11.5 Å². The second-order valence-corrected chi connectivity index (χ2v) is 7.48. The lowest BCUT2D eigenvalue weighted by Gasteiger charge is -2.26. The molecule has 2 saturated carbocycles. The van der Waals surface area contributed by atoms with Crippen LogP contribution in [0.4, 0.5) is 0 Å². The maximum Gasteiger partial charge on any atom is 0.162 e. The van der Waals surface area contributed by atoms with Crippen molar-refractivity contribution >= 4 is 15.9 Å². The quantitative estimate of drug-likeness (QED) is 0.895. The summed E-state index contributed by atoms with van der Waals surface area (Å²) in [6.45, 7) is 1.48. The fraction of sp³-hybridized carbons (Fsp3) is 0.647. The van der Waals surface area contributed by atoms with E-state index in [1.165, 1.54) is 24.8 Å². The van der Waals surface area contributed by atoms with Gasteiger partial charge in [0.25, 0.3) is 0 Å². The van der Waals surface area contributed by atoms with E-state index in [0.717, 1.165) is 53.4 Å². The maximum absolute atomic E-state index is 5.86. The van der Waals surface area contributed by atoms with Gasteiger partial charge in [-0.3, -0.25) is 0 Å². The van der Waals surface area contributed by atoms with Gasteiger partial charge in [-0.2, -0.15) is 0 Å². The van der Waals surface area contributed by atoms with Crippen LogP contribution in [0.5, 0.6) is 11.5 Å². The van der Waals surface area contributed by atoms with Crippen LogP contribution in [-0.4, -0.2) is 20.3 Å². The van der Waals surface area contributed by atoms with Crippen LogP contribution in [0, 0.1) is 17.8 Å². The van der Waals surface area contributed by atoms with Gasteiger partial charge >= 0.3 is 0 Å². The lowest BCUT2D eigenvalue weighted by atomic mass is 9.89. The van der Waals surface area contributed by atoms with E-state index < -0.39 is 0 Å². The summed E-state index contributed by atoms with van der Waals surface area (Å²) >= 11 is 3.74. The minimum Gasteiger partial charge on any atom is -0.490 e. The van der Waals surface area contributed by atoms with Crippen molar-refractivity contribution in [2.75, 3.05) is 20.3 Å². The van der Waals surface area contributed by atoms with Crippen LogP contribution < -0.4 is 14.8 Å². The predicted octanol–water partition coefficient (Wildman–Crippen LogP) is 3.92. The van der Waals surface area contributed by atoms with Gasteiger partial charge < -0.3 is 14.8 Å². The third kappa shape index (κ3) is 2.57. The highest BCUT2D eigenvalue weighted by atomic mass is 79.9. The zero-order valence-electron chi connectivity index (χ0n) is 12.4. The highest BCUT2D eigenvalue weighted by Crippen LogP contribution is 2.57. The Balaban J connectivity index is 1.64. The SMILES string of the molecule is CNC(c1cc2c(cc1Br)OCCCO2)C1CC2CC2C1. The number of halogens is 1. The topological polar surface area (TPSA) is 30.5 Å². The minimum absolute atomic E-state index is 0.407. The molecule has 114 valence electrons. The van der Waals surface area contributed by atoms with Crippen molar-refractivity contribution in [1.82, 2.24) is 5.32 Å². The molecule has 3 nitrogen and oxygen atoms in total. The maximum atomic E-state index is 5.86.